The Labute approximate surface area is 115 Å². The molecule has 2 heterocycles. The molecule has 0 saturated heterocycles. The average molecular weight is 292 g/mol. The van der Waals surface area contributed by atoms with Crippen LogP contribution >= 0.6 is 0 Å². The molecule has 0 fully saturated rings. The number of hydrogen-bond acceptors (Lipinski definition) is 4. The van der Waals surface area contributed by atoms with Crippen molar-refractivity contribution in [2.45, 2.75) is 11.3 Å². The largest absolute Gasteiger partial charge is 0.308 e. The fourth-order valence-electron chi connectivity index (χ4n) is 2.29. The Morgan fingerprint density at radius 2 is 2.20 bits per heavy atom. The van der Waals surface area contributed by atoms with Crippen LogP contribution in [-0.2, 0) is 16.4 Å². The number of benzene rings is 1. The Morgan fingerprint density at radius 3 is 2.85 bits per heavy atom. The molecule has 104 valence electrons. The van der Waals surface area contributed by atoms with Crippen molar-refractivity contribution in [1.29, 1.82) is 0 Å². The Bertz CT molecular complexity index is 768. The predicted molar refractivity (Wildman–Crippen MR) is 71.8 cm³/mol. The van der Waals surface area contributed by atoms with E-state index in [0.717, 1.165) is 5.56 Å². The SMILES string of the molecule is NS(=O)(=O)c1ccc2c(c1)CCN2C(=O)c1cn[nH]c1. The van der Waals surface area contributed by atoms with Crippen molar-refractivity contribution in [2.75, 3.05) is 11.4 Å². The van der Waals surface area contributed by atoms with Crippen LogP contribution in [-0.4, -0.2) is 31.1 Å². The highest BCUT2D eigenvalue weighted by Gasteiger charge is 2.27. The monoisotopic (exact) mass is 292 g/mol. The zero-order valence-electron chi connectivity index (χ0n) is 10.4. The molecule has 1 aliphatic heterocycles. The molecule has 3 rings (SSSR count). The first kappa shape index (κ1) is 12.8. The summed E-state index contributed by atoms with van der Waals surface area (Å²) in [5, 5.41) is 11.4. The molecule has 1 amide bonds. The minimum Gasteiger partial charge on any atom is -0.308 e. The highest BCUT2D eigenvalue weighted by atomic mass is 32.2. The van der Waals surface area contributed by atoms with Gasteiger partial charge in [0.15, 0.2) is 0 Å². The van der Waals surface area contributed by atoms with Crippen LogP contribution in [0.4, 0.5) is 5.69 Å². The van der Waals surface area contributed by atoms with Gasteiger partial charge in [-0.05, 0) is 30.2 Å². The van der Waals surface area contributed by atoms with Crippen molar-refractivity contribution in [2.24, 2.45) is 5.14 Å². The average Bonchev–Trinajstić information content (AvgIpc) is 3.06. The number of nitrogens with zero attached hydrogens (tertiary/aromatic N) is 2. The number of carbonyl (C=O) groups excluding carboxylic acids is 1. The summed E-state index contributed by atoms with van der Waals surface area (Å²) in [6.07, 6.45) is 3.58. The number of H-pyrrole nitrogens is 1. The van der Waals surface area contributed by atoms with Crippen LogP contribution in [0, 0.1) is 0 Å². The number of fused-ring (bicyclic) bond motifs is 1. The van der Waals surface area contributed by atoms with Gasteiger partial charge in [0.1, 0.15) is 0 Å². The van der Waals surface area contributed by atoms with E-state index in [9.17, 15) is 13.2 Å². The van der Waals surface area contributed by atoms with Crippen LogP contribution in [0.1, 0.15) is 15.9 Å². The Hall–Kier alpha value is -2.19. The molecule has 1 aromatic heterocycles. The molecule has 7 nitrogen and oxygen atoms in total. The minimum atomic E-state index is -3.72. The lowest BCUT2D eigenvalue weighted by Crippen LogP contribution is -2.28. The topological polar surface area (TPSA) is 109 Å². The van der Waals surface area contributed by atoms with Gasteiger partial charge in [-0.3, -0.25) is 9.89 Å². The maximum Gasteiger partial charge on any atom is 0.261 e. The molecule has 0 unspecified atom stereocenters. The third-order valence-electron chi connectivity index (χ3n) is 3.27. The molecule has 1 aromatic carbocycles. The van der Waals surface area contributed by atoms with Crippen molar-refractivity contribution < 1.29 is 13.2 Å². The summed E-state index contributed by atoms with van der Waals surface area (Å²) in [6.45, 7) is 0.507. The van der Waals surface area contributed by atoms with Crippen LogP contribution in [0.3, 0.4) is 0 Å². The number of sulfonamides is 1. The highest BCUT2D eigenvalue weighted by Crippen LogP contribution is 2.30. The van der Waals surface area contributed by atoms with Crippen molar-refractivity contribution in [3.8, 4) is 0 Å². The molecule has 8 heteroatoms. The molecule has 0 atom stereocenters. The third-order valence-corrected chi connectivity index (χ3v) is 4.18. The van der Waals surface area contributed by atoms with Crippen LogP contribution in [0.25, 0.3) is 0 Å². The number of carbonyl (C=O) groups is 1. The van der Waals surface area contributed by atoms with Gasteiger partial charge in [0.25, 0.3) is 5.91 Å². The van der Waals surface area contributed by atoms with Gasteiger partial charge in [-0.15, -0.1) is 0 Å². The van der Waals surface area contributed by atoms with E-state index in [0.29, 0.717) is 24.2 Å². The van der Waals surface area contributed by atoms with Crippen molar-refractivity contribution in [3.63, 3.8) is 0 Å². The van der Waals surface area contributed by atoms with Gasteiger partial charge >= 0.3 is 0 Å². The number of anilines is 1. The summed E-state index contributed by atoms with van der Waals surface area (Å²) in [5.41, 5.74) is 1.98. The summed E-state index contributed by atoms with van der Waals surface area (Å²) < 4.78 is 22.6. The molecule has 0 aliphatic carbocycles. The normalized spacial score (nSPS) is 14.3. The number of nitrogens with two attached hydrogens (primary N) is 1. The van der Waals surface area contributed by atoms with E-state index < -0.39 is 10.0 Å². The van der Waals surface area contributed by atoms with E-state index in [1.807, 2.05) is 0 Å². The van der Waals surface area contributed by atoms with E-state index in [-0.39, 0.29) is 10.8 Å². The second kappa shape index (κ2) is 4.43. The quantitative estimate of drug-likeness (QED) is 0.827. The number of primary sulfonamides is 1. The summed E-state index contributed by atoms with van der Waals surface area (Å²) in [6, 6.07) is 4.54. The second-order valence-corrected chi connectivity index (χ2v) is 6.09. The Kier molecular flexibility index (Phi) is 2.84. The molecule has 20 heavy (non-hydrogen) atoms. The van der Waals surface area contributed by atoms with Crippen LogP contribution in [0.5, 0.6) is 0 Å². The molecule has 0 bridgehead atoms. The van der Waals surface area contributed by atoms with Crippen LogP contribution < -0.4 is 10.0 Å². The van der Waals surface area contributed by atoms with Gasteiger partial charge in [-0.1, -0.05) is 0 Å². The van der Waals surface area contributed by atoms with Gasteiger partial charge < -0.3 is 4.90 Å². The summed E-state index contributed by atoms with van der Waals surface area (Å²) in [5.74, 6) is -0.166. The highest BCUT2D eigenvalue weighted by molar-refractivity contribution is 7.89. The van der Waals surface area contributed by atoms with Crippen LogP contribution in [0.15, 0.2) is 35.5 Å². The number of amides is 1. The lowest BCUT2D eigenvalue weighted by atomic mass is 10.2. The number of nitrogens with one attached hydrogen (secondary N) is 1. The van der Waals surface area contributed by atoms with Gasteiger partial charge in [-0.25, -0.2) is 13.6 Å². The number of hydrogen-bond donors (Lipinski definition) is 2. The number of aromatic nitrogens is 2. The Morgan fingerprint density at radius 1 is 1.40 bits per heavy atom. The summed E-state index contributed by atoms with van der Waals surface area (Å²) >= 11 is 0. The maximum absolute atomic E-state index is 12.3. The van der Waals surface area contributed by atoms with E-state index >= 15 is 0 Å². The van der Waals surface area contributed by atoms with Gasteiger partial charge in [0.05, 0.1) is 16.7 Å². The molecule has 1 aliphatic rings. The van der Waals surface area contributed by atoms with Crippen LogP contribution in [0.2, 0.25) is 0 Å². The summed E-state index contributed by atoms with van der Waals surface area (Å²) in [4.78, 5) is 13.9. The Balaban J connectivity index is 1.98. The fraction of sp³-hybridized carbons (Fsp3) is 0.167. The van der Waals surface area contributed by atoms with E-state index in [2.05, 4.69) is 10.2 Å². The molecule has 3 N–H and O–H groups in total. The van der Waals surface area contributed by atoms with E-state index in [1.165, 1.54) is 24.5 Å². The maximum atomic E-state index is 12.3. The standard InChI is InChI=1S/C12H12N4O3S/c13-20(18,19)10-1-2-11-8(5-10)3-4-16(11)12(17)9-6-14-15-7-9/h1-2,5-7H,3-4H2,(H,14,15)(H2,13,18,19). The minimum absolute atomic E-state index is 0.0638. The lowest BCUT2D eigenvalue weighted by molar-refractivity contribution is 0.0989. The first-order chi connectivity index (χ1) is 9.47. The van der Waals surface area contributed by atoms with E-state index in [4.69, 9.17) is 5.14 Å². The number of rotatable bonds is 2. The van der Waals surface area contributed by atoms with Gasteiger partial charge in [0.2, 0.25) is 10.0 Å². The summed E-state index contributed by atoms with van der Waals surface area (Å²) in [7, 11) is -3.72. The lowest BCUT2D eigenvalue weighted by Gasteiger charge is -2.16. The molecular formula is C12H12N4O3S. The fourth-order valence-corrected chi connectivity index (χ4v) is 2.85. The molecule has 0 spiro atoms. The van der Waals surface area contributed by atoms with Gasteiger partial charge in [-0.2, -0.15) is 5.10 Å². The van der Waals surface area contributed by atoms with Crippen molar-refractivity contribution in [3.05, 3.63) is 41.7 Å². The molecule has 2 aromatic rings. The predicted octanol–water partition coefficient (Wildman–Crippen LogP) is 0.260. The van der Waals surface area contributed by atoms with Crippen molar-refractivity contribution in [1.82, 2.24) is 10.2 Å². The molecule has 0 radical (unpaired) electrons. The third kappa shape index (κ3) is 2.08. The first-order valence-corrected chi connectivity index (χ1v) is 7.48. The number of aromatic amines is 1. The van der Waals surface area contributed by atoms with E-state index in [1.54, 1.807) is 11.0 Å². The first-order valence-electron chi connectivity index (χ1n) is 5.93. The molecule has 0 saturated carbocycles. The van der Waals surface area contributed by atoms with Gasteiger partial charge in [0, 0.05) is 18.4 Å². The zero-order valence-corrected chi connectivity index (χ0v) is 11.2. The molecular weight excluding hydrogens is 280 g/mol. The smallest absolute Gasteiger partial charge is 0.261 e. The zero-order chi connectivity index (χ0) is 14.3. The second-order valence-electron chi connectivity index (χ2n) is 4.53. The van der Waals surface area contributed by atoms with Crippen molar-refractivity contribution >= 4 is 21.6 Å².